The maximum absolute atomic E-state index is 13.2. The summed E-state index contributed by atoms with van der Waals surface area (Å²) in [6, 6.07) is 23.0. The number of halogens is 1. The quantitative estimate of drug-likeness (QED) is 0.193. The van der Waals surface area contributed by atoms with E-state index in [1.165, 1.54) is 0 Å². The van der Waals surface area contributed by atoms with Gasteiger partial charge in [-0.15, -0.1) is 12.4 Å². The Morgan fingerprint density at radius 2 is 1.55 bits per heavy atom. The molecule has 0 bridgehead atoms. The number of hydrogen-bond acceptors (Lipinski definition) is 6. The van der Waals surface area contributed by atoms with Gasteiger partial charge in [-0.05, 0) is 101 Å². The maximum Gasteiger partial charge on any atom is 0.343 e. The molecule has 7 heteroatoms. The van der Waals surface area contributed by atoms with Crippen LogP contribution in [0.2, 0.25) is 0 Å². The molecule has 1 unspecified atom stereocenters. The first-order valence-electron chi connectivity index (χ1n) is 13.8. The molecule has 3 aromatic rings. The van der Waals surface area contributed by atoms with Crippen molar-refractivity contribution in [1.82, 2.24) is 4.90 Å². The van der Waals surface area contributed by atoms with E-state index in [2.05, 4.69) is 44.7 Å². The summed E-state index contributed by atoms with van der Waals surface area (Å²) in [5.74, 6) is 0.131. The first-order chi connectivity index (χ1) is 18.8. The molecule has 6 nitrogen and oxygen atoms in total. The second-order valence-electron chi connectivity index (χ2n) is 10.8. The Morgan fingerprint density at radius 3 is 2.12 bits per heavy atom. The van der Waals surface area contributed by atoms with E-state index in [0.717, 1.165) is 42.5 Å². The number of esters is 2. The molecular weight excluding hydrogens is 526 g/mol. The normalized spacial score (nSPS) is 13.7. The molecule has 0 saturated heterocycles. The highest BCUT2D eigenvalue weighted by Gasteiger charge is 2.31. The fourth-order valence-electron chi connectivity index (χ4n) is 4.98. The average molecular weight is 566 g/mol. The molecule has 40 heavy (non-hydrogen) atoms. The van der Waals surface area contributed by atoms with Crippen LogP contribution in [0.1, 0.15) is 79.9 Å². The summed E-state index contributed by atoms with van der Waals surface area (Å²) < 4.78 is 11.3. The van der Waals surface area contributed by atoms with Gasteiger partial charge in [0.15, 0.2) is 0 Å². The molecule has 0 spiro atoms. The van der Waals surface area contributed by atoms with Crippen molar-refractivity contribution >= 4 is 24.3 Å². The Balaban J connectivity index is 0.00000441. The summed E-state index contributed by atoms with van der Waals surface area (Å²) in [7, 11) is 0. The zero-order valence-corrected chi connectivity index (χ0v) is 24.5. The lowest BCUT2D eigenvalue weighted by Gasteiger charge is -2.32. The van der Waals surface area contributed by atoms with Gasteiger partial charge in [0.25, 0.3) is 0 Å². The zero-order valence-electron chi connectivity index (χ0n) is 23.7. The van der Waals surface area contributed by atoms with Crippen LogP contribution in [0.4, 0.5) is 0 Å². The molecule has 1 atom stereocenters. The van der Waals surface area contributed by atoms with Gasteiger partial charge in [-0.1, -0.05) is 36.4 Å². The molecule has 0 radical (unpaired) electrons. The standard InChI is InChI=1S/C33H39NO5.ClH/c1-22(2)34(23(3)4)19-18-29(25-8-6-5-7-9-25)30-20-24(21-35)10-17-31(30)39-33(37)27-13-15-28(16-14-27)38-32(36)26-11-12-26;/h5-10,13-17,20,22-23,26,29,35H,11-12,18-19,21H2,1-4H3;1H. The third kappa shape index (κ3) is 8.17. The number of aliphatic hydroxyl groups is 1. The van der Waals surface area contributed by atoms with Gasteiger partial charge in [0, 0.05) is 23.6 Å². The number of aliphatic hydroxyl groups excluding tert-OH is 1. The van der Waals surface area contributed by atoms with Crippen LogP contribution in [0.5, 0.6) is 11.5 Å². The van der Waals surface area contributed by atoms with Crippen LogP contribution in [-0.2, 0) is 11.4 Å². The van der Waals surface area contributed by atoms with Crippen LogP contribution in [-0.4, -0.2) is 40.6 Å². The van der Waals surface area contributed by atoms with Crippen molar-refractivity contribution in [2.24, 2.45) is 5.92 Å². The topological polar surface area (TPSA) is 76.1 Å². The molecule has 214 valence electrons. The van der Waals surface area contributed by atoms with E-state index >= 15 is 0 Å². The second kappa shape index (κ2) is 14.4. The molecule has 1 fully saturated rings. The summed E-state index contributed by atoms with van der Waals surface area (Å²) in [6.07, 6.45) is 2.57. The largest absolute Gasteiger partial charge is 0.426 e. The fraction of sp³-hybridized carbons (Fsp3) is 0.394. The van der Waals surface area contributed by atoms with Crippen LogP contribution < -0.4 is 9.47 Å². The van der Waals surface area contributed by atoms with Crippen molar-refractivity contribution < 1.29 is 24.2 Å². The van der Waals surface area contributed by atoms with E-state index in [9.17, 15) is 14.7 Å². The number of rotatable bonds is 12. The smallest absolute Gasteiger partial charge is 0.343 e. The highest BCUT2D eigenvalue weighted by atomic mass is 35.5. The summed E-state index contributed by atoms with van der Waals surface area (Å²) >= 11 is 0. The highest BCUT2D eigenvalue weighted by molar-refractivity contribution is 5.91. The number of carbonyl (C=O) groups excluding carboxylic acids is 2. The molecule has 0 aliphatic heterocycles. The van der Waals surface area contributed by atoms with E-state index in [4.69, 9.17) is 9.47 Å². The number of ether oxygens (including phenoxy) is 2. The lowest BCUT2D eigenvalue weighted by atomic mass is 9.86. The third-order valence-electron chi connectivity index (χ3n) is 7.26. The van der Waals surface area contributed by atoms with Gasteiger partial charge in [0.1, 0.15) is 11.5 Å². The minimum absolute atomic E-state index is 0. The van der Waals surface area contributed by atoms with Gasteiger partial charge in [-0.25, -0.2) is 4.79 Å². The van der Waals surface area contributed by atoms with Gasteiger partial charge in [0.05, 0.1) is 18.1 Å². The Labute approximate surface area is 243 Å². The highest BCUT2D eigenvalue weighted by Crippen LogP contribution is 2.36. The first kappa shape index (κ1) is 31.3. The van der Waals surface area contributed by atoms with E-state index in [1.54, 1.807) is 36.4 Å². The molecule has 0 amide bonds. The Hall–Kier alpha value is -3.19. The van der Waals surface area contributed by atoms with Crippen molar-refractivity contribution in [3.05, 3.63) is 95.1 Å². The molecule has 1 aliphatic rings. The van der Waals surface area contributed by atoms with Gasteiger partial charge in [0.2, 0.25) is 0 Å². The van der Waals surface area contributed by atoms with Gasteiger partial charge in [-0.2, -0.15) is 0 Å². The number of carbonyl (C=O) groups is 2. The molecule has 4 rings (SSSR count). The maximum atomic E-state index is 13.2. The van der Waals surface area contributed by atoms with Crippen molar-refractivity contribution in [1.29, 1.82) is 0 Å². The minimum atomic E-state index is -0.495. The predicted octanol–water partition coefficient (Wildman–Crippen LogP) is 6.78. The Morgan fingerprint density at radius 1 is 0.900 bits per heavy atom. The van der Waals surface area contributed by atoms with Crippen LogP contribution in [0.25, 0.3) is 0 Å². The van der Waals surface area contributed by atoms with E-state index < -0.39 is 5.97 Å². The Kier molecular flexibility index (Phi) is 11.3. The van der Waals surface area contributed by atoms with Gasteiger partial charge >= 0.3 is 11.9 Å². The molecule has 3 aromatic carbocycles. The van der Waals surface area contributed by atoms with Crippen LogP contribution >= 0.6 is 12.4 Å². The monoisotopic (exact) mass is 565 g/mol. The fourth-order valence-corrected chi connectivity index (χ4v) is 4.98. The molecule has 0 aromatic heterocycles. The average Bonchev–Trinajstić information content (AvgIpc) is 3.78. The summed E-state index contributed by atoms with van der Waals surface area (Å²) in [5.41, 5.74) is 3.11. The van der Waals surface area contributed by atoms with Crippen molar-refractivity contribution in [3.8, 4) is 11.5 Å². The lowest BCUT2D eigenvalue weighted by molar-refractivity contribution is -0.135. The van der Waals surface area contributed by atoms with E-state index in [1.807, 2.05) is 24.3 Å². The summed E-state index contributed by atoms with van der Waals surface area (Å²) in [6.45, 7) is 9.58. The molecular formula is C33H40ClNO5. The Bertz CT molecular complexity index is 1250. The van der Waals surface area contributed by atoms with Crippen LogP contribution in [0, 0.1) is 5.92 Å². The van der Waals surface area contributed by atoms with E-state index in [-0.39, 0.29) is 36.8 Å². The van der Waals surface area contributed by atoms with Crippen molar-refractivity contribution in [3.63, 3.8) is 0 Å². The van der Waals surface area contributed by atoms with E-state index in [0.29, 0.717) is 29.1 Å². The molecule has 1 saturated carbocycles. The van der Waals surface area contributed by atoms with Crippen molar-refractivity contribution in [2.75, 3.05) is 6.54 Å². The number of benzene rings is 3. The summed E-state index contributed by atoms with van der Waals surface area (Å²) in [5, 5.41) is 9.90. The third-order valence-corrected chi connectivity index (χ3v) is 7.26. The molecule has 1 aliphatic carbocycles. The lowest BCUT2D eigenvalue weighted by Crippen LogP contribution is -2.38. The molecule has 0 heterocycles. The molecule has 1 N–H and O–H groups in total. The van der Waals surface area contributed by atoms with Gasteiger partial charge < -0.3 is 14.6 Å². The van der Waals surface area contributed by atoms with Crippen LogP contribution in [0.15, 0.2) is 72.8 Å². The number of nitrogens with zero attached hydrogens (tertiary/aromatic N) is 1. The minimum Gasteiger partial charge on any atom is -0.426 e. The number of hydrogen-bond donors (Lipinski definition) is 1. The first-order valence-corrected chi connectivity index (χ1v) is 13.8. The summed E-state index contributed by atoms with van der Waals surface area (Å²) in [4.78, 5) is 27.6. The predicted molar refractivity (Wildman–Crippen MR) is 159 cm³/mol. The zero-order chi connectivity index (χ0) is 27.9. The second-order valence-corrected chi connectivity index (χ2v) is 10.8. The van der Waals surface area contributed by atoms with Crippen molar-refractivity contribution in [2.45, 2.75) is 71.6 Å². The SMILES string of the molecule is CC(C)N(CCC(c1ccccc1)c1cc(CO)ccc1OC(=O)c1ccc(OC(=O)C2CC2)cc1)C(C)C.Cl. The van der Waals surface area contributed by atoms with Crippen LogP contribution in [0.3, 0.4) is 0 Å². The van der Waals surface area contributed by atoms with Gasteiger partial charge in [-0.3, -0.25) is 9.69 Å².